The number of nitrogens with two attached hydrogens (primary N) is 3. The molecule has 2 aromatic carbocycles. The summed E-state index contributed by atoms with van der Waals surface area (Å²) in [6, 6.07) is -1.43. The number of carboxylic acid groups (broad SMARTS) is 2. The van der Waals surface area contributed by atoms with Crippen molar-refractivity contribution >= 4 is 111 Å². The molecule has 0 aliphatic heterocycles. The molecule has 0 aliphatic rings. The van der Waals surface area contributed by atoms with Crippen molar-refractivity contribution in [1.82, 2.24) is 78.8 Å². The van der Waals surface area contributed by atoms with Gasteiger partial charge in [0.05, 0.1) is 44.6 Å². The number of unbranched alkanes of at least 4 members (excludes halogenated alkanes) is 1. The molecule has 12 atom stereocenters. The van der Waals surface area contributed by atoms with Crippen molar-refractivity contribution in [2.45, 2.75) is 158 Å². The van der Waals surface area contributed by atoms with Gasteiger partial charge in [-0.15, -0.1) is 0 Å². The number of para-hydroxylation sites is 1. The third-order valence-electron chi connectivity index (χ3n) is 15.3. The van der Waals surface area contributed by atoms with Gasteiger partial charge in [-0.05, 0) is 88.6 Å². The SMILES string of the molecule is CSCC[C@H](NC(=O)[C@H](CCC(=O)O)NC(=O)CNC(=O)CNC(=O)[C@H](CC(N)=O)NC(=O)[C@H](Cc1cnc[nH]1)NC(=O)[C@@H](NC(=O)[C@H](Cc1c[nH]c2ccccc12)NC(=O)[C@H](CCCCN)NC(=O)[C@H](C)NC(=O)[C@H](CO)NC(=O)[C@H](C)N)[C@@H](C)O)C(=O)N[C@@H](Cc1ccccc1)C(=O)O. The Bertz CT molecular complexity index is 3500. The van der Waals surface area contributed by atoms with Crippen LogP contribution in [0, 0.1) is 0 Å². The van der Waals surface area contributed by atoms with E-state index >= 15 is 0 Å². The largest absolute Gasteiger partial charge is 0.481 e. The molecule has 0 fully saturated rings. The first-order chi connectivity index (χ1) is 47.9. The number of aliphatic carboxylic acids is 2. The Morgan fingerprint density at radius 3 is 1.71 bits per heavy atom. The zero-order chi connectivity index (χ0) is 74.9. The van der Waals surface area contributed by atoms with Crippen LogP contribution in [0.5, 0.6) is 0 Å². The number of carboxylic acids is 2. The number of aliphatic hydroxyl groups is 2. The Hall–Kier alpha value is -10.6. The van der Waals surface area contributed by atoms with Gasteiger partial charge in [0.2, 0.25) is 76.8 Å². The Balaban J connectivity index is 1.49. The standard InChI is InChI=1S/C63H90N18O19S/c1-32(65)53(89)80-47(30-82)61(97)72-33(2)54(90)74-40(16-10-11-20-64)56(92)76-43(23-36-26-68-39-15-9-8-14-38(36)39)60(96)81-52(34(3)83)62(98)78-44(24-37-27-67-31-71-37)59(95)77-45(25-48(66)84)55(91)70-28-49(85)69-29-50(86)73-41(17-18-51(87)88)57(93)75-42(19-21-101-4)58(94)79-46(63(99)100)22-35-12-6-5-7-13-35/h5-9,12-15,26-27,31-34,40-47,52,68,82-83H,10-11,16-25,28-30,64-65H2,1-4H3,(H2,66,84)(H,67,71)(H,69,85)(H,70,91)(H,72,97)(H,73,86)(H,74,90)(H,75,93)(H,76,92)(H,77,95)(H,78,98)(H,79,94)(H,80,89)(H,81,96)(H,87,88)(H,99,100)/t32-,33-,34+,40-,41-,42-,43-,44-,45-,46-,47-,52-/m0/s1. The van der Waals surface area contributed by atoms with Crippen molar-refractivity contribution in [3.05, 3.63) is 90.1 Å². The van der Waals surface area contributed by atoms with E-state index < -0.39 is 207 Å². The Labute approximate surface area is 583 Å². The number of benzene rings is 2. The summed E-state index contributed by atoms with van der Waals surface area (Å²) in [6.07, 6.45) is 1.79. The van der Waals surface area contributed by atoms with Crippen molar-refractivity contribution in [2.24, 2.45) is 17.2 Å². The van der Waals surface area contributed by atoms with E-state index in [0.29, 0.717) is 34.2 Å². The predicted molar refractivity (Wildman–Crippen MR) is 362 cm³/mol. The number of amides is 13. The summed E-state index contributed by atoms with van der Waals surface area (Å²) in [4.78, 5) is 209. The van der Waals surface area contributed by atoms with Crippen molar-refractivity contribution in [2.75, 3.05) is 38.2 Å². The molecule has 0 aliphatic carbocycles. The van der Waals surface area contributed by atoms with Gasteiger partial charge >= 0.3 is 11.9 Å². The molecule has 4 rings (SSSR count). The lowest BCUT2D eigenvalue weighted by atomic mass is 10.0. The molecule has 0 spiro atoms. The normalized spacial score (nSPS) is 14.6. The van der Waals surface area contributed by atoms with E-state index in [9.17, 15) is 92.3 Å². The summed E-state index contributed by atoms with van der Waals surface area (Å²) < 4.78 is 0. The fraction of sp³-hybridized carbons (Fsp3) is 0.492. The van der Waals surface area contributed by atoms with Crippen LogP contribution in [0.15, 0.2) is 73.3 Å². The molecular formula is C63H90N18O19S. The number of fused-ring (bicyclic) bond motifs is 1. The number of carbonyl (C=O) groups is 15. The van der Waals surface area contributed by atoms with Crippen molar-refractivity contribution < 1.29 is 92.3 Å². The molecule has 0 unspecified atom stereocenters. The molecule has 2 heterocycles. The number of primary amides is 1. The number of aromatic amines is 2. The van der Waals surface area contributed by atoms with E-state index in [1.807, 2.05) is 0 Å². The van der Waals surface area contributed by atoms with Crippen LogP contribution in [-0.2, 0) is 91.2 Å². The molecule has 552 valence electrons. The molecule has 37 nitrogen and oxygen atoms in total. The molecule has 24 N–H and O–H groups in total. The number of aliphatic hydroxyl groups excluding tert-OH is 2. The van der Waals surface area contributed by atoms with E-state index in [-0.39, 0.29) is 44.3 Å². The molecule has 0 saturated carbocycles. The molecule has 0 radical (unpaired) electrons. The first kappa shape index (κ1) is 82.9. The number of H-pyrrole nitrogens is 2. The maximum Gasteiger partial charge on any atom is 0.326 e. The molecule has 101 heavy (non-hydrogen) atoms. The van der Waals surface area contributed by atoms with Gasteiger partial charge in [-0.2, -0.15) is 11.8 Å². The third kappa shape index (κ3) is 28.7. The van der Waals surface area contributed by atoms with Gasteiger partial charge in [-0.3, -0.25) is 67.1 Å². The van der Waals surface area contributed by atoms with Gasteiger partial charge in [-0.1, -0.05) is 48.5 Å². The average Bonchev–Trinajstić information content (AvgIpc) is 1.76. The minimum Gasteiger partial charge on any atom is -0.481 e. The van der Waals surface area contributed by atoms with Crippen LogP contribution in [0.1, 0.15) is 82.5 Å². The van der Waals surface area contributed by atoms with Crippen LogP contribution in [0.2, 0.25) is 0 Å². The quantitative estimate of drug-likeness (QED) is 0.0183. The fourth-order valence-corrected chi connectivity index (χ4v) is 10.3. The summed E-state index contributed by atoms with van der Waals surface area (Å²) in [7, 11) is 0. The minimum atomic E-state index is -1.92. The zero-order valence-electron chi connectivity index (χ0n) is 56.0. The van der Waals surface area contributed by atoms with Gasteiger partial charge in [0, 0.05) is 54.7 Å². The maximum absolute atomic E-state index is 14.6. The number of imidazole rings is 1. The highest BCUT2D eigenvalue weighted by Gasteiger charge is 2.37. The highest BCUT2D eigenvalue weighted by molar-refractivity contribution is 7.98. The predicted octanol–water partition coefficient (Wildman–Crippen LogP) is -6.55. The summed E-state index contributed by atoms with van der Waals surface area (Å²) in [6.45, 7) is 1.28. The van der Waals surface area contributed by atoms with Crippen LogP contribution in [0.3, 0.4) is 0 Å². The minimum absolute atomic E-state index is 0.00711. The van der Waals surface area contributed by atoms with E-state index in [4.69, 9.17) is 17.2 Å². The fourth-order valence-electron chi connectivity index (χ4n) is 9.78. The number of thioether (sulfide) groups is 1. The molecule has 38 heteroatoms. The molecule has 0 bridgehead atoms. The third-order valence-corrected chi connectivity index (χ3v) is 16.0. The second kappa shape index (κ2) is 42.4. The van der Waals surface area contributed by atoms with Crippen molar-refractivity contribution in [3.8, 4) is 0 Å². The second-order valence-corrected chi connectivity index (χ2v) is 24.5. The van der Waals surface area contributed by atoms with Crippen LogP contribution in [0.25, 0.3) is 10.9 Å². The second-order valence-electron chi connectivity index (χ2n) is 23.5. The summed E-state index contributed by atoms with van der Waals surface area (Å²) in [5.41, 5.74) is 18.7. The number of nitrogens with zero attached hydrogens (tertiary/aromatic N) is 1. The highest BCUT2D eigenvalue weighted by atomic mass is 32.2. The number of carbonyl (C=O) groups excluding carboxylic acids is 13. The topological polar surface area (TPSA) is 604 Å². The van der Waals surface area contributed by atoms with Gasteiger partial charge in [-0.25, -0.2) is 9.78 Å². The monoisotopic (exact) mass is 1430 g/mol. The van der Waals surface area contributed by atoms with Crippen LogP contribution in [0.4, 0.5) is 0 Å². The number of nitrogens with one attached hydrogen (secondary N) is 14. The molecule has 2 aromatic heterocycles. The smallest absolute Gasteiger partial charge is 0.326 e. The Morgan fingerprint density at radius 2 is 1.11 bits per heavy atom. The lowest BCUT2D eigenvalue weighted by Crippen LogP contribution is -2.62. The van der Waals surface area contributed by atoms with E-state index in [1.54, 1.807) is 67.0 Å². The van der Waals surface area contributed by atoms with E-state index in [0.717, 1.165) is 6.92 Å². The van der Waals surface area contributed by atoms with Gasteiger partial charge in [0.15, 0.2) is 0 Å². The summed E-state index contributed by atoms with van der Waals surface area (Å²) in [5, 5.41) is 69.4. The van der Waals surface area contributed by atoms with Crippen LogP contribution < -0.4 is 81.0 Å². The number of rotatable bonds is 45. The number of aromatic nitrogens is 3. The Morgan fingerprint density at radius 1 is 0.554 bits per heavy atom. The lowest BCUT2D eigenvalue weighted by Gasteiger charge is -2.28. The molecule has 4 aromatic rings. The molecule has 0 saturated heterocycles. The van der Waals surface area contributed by atoms with Crippen LogP contribution in [-0.4, -0.2) is 235 Å². The first-order valence-electron chi connectivity index (χ1n) is 32.0. The summed E-state index contributed by atoms with van der Waals surface area (Å²) in [5.74, 6) is -15.7. The van der Waals surface area contributed by atoms with Gasteiger partial charge < -0.3 is 111 Å². The van der Waals surface area contributed by atoms with Crippen molar-refractivity contribution in [1.29, 1.82) is 0 Å². The average molecular weight is 1440 g/mol. The van der Waals surface area contributed by atoms with Crippen molar-refractivity contribution in [3.63, 3.8) is 0 Å². The number of hydrogen-bond donors (Lipinski definition) is 21. The highest BCUT2D eigenvalue weighted by Crippen LogP contribution is 2.20. The Kier molecular flexibility index (Phi) is 34.8. The lowest BCUT2D eigenvalue weighted by molar-refractivity contribution is -0.142. The number of hydrogen-bond acceptors (Lipinski definition) is 21. The van der Waals surface area contributed by atoms with E-state index in [1.165, 1.54) is 38.1 Å². The zero-order valence-corrected chi connectivity index (χ0v) is 56.8. The van der Waals surface area contributed by atoms with Crippen LogP contribution >= 0.6 is 11.8 Å². The van der Waals surface area contributed by atoms with Gasteiger partial charge in [0.1, 0.15) is 60.4 Å². The molecule has 13 amide bonds. The first-order valence-corrected chi connectivity index (χ1v) is 33.4. The molecular weight excluding hydrogens is 1340 g/mol. The van der Waals surface area contributed by atoms with E-state index in [2.05, 4.69) is 78.8 Å². The van der Waals surface area contributed by atoms with Gasteiger partial charge in [0.25, 0.3) is 0 Å². The maximum atomic E-state index is 14.6. The summed E-state index contributed by atoms with van der Waals surface area (Å²) >= 11 is 1.30.